The van der Waals surface area contributed by atoms with Crippen molar-refractivity contribution in [1.29, 1.82) is 0 Å². The molecule has 0 saturated carbocycles. The first-order chi connectivity index (χ1) is 19.5. The first-order valence-electron chi connectivity index (χ1n) is 16.0. The highest BCUT2D eigenvalue weighted by molar-refractivity contribution is 5.89. The fourth-order valence-electron chi connectivity index (χ4n) is 5.36. The van der Waals surface area contributed by atoms with Gasteiger partial charge in [0.15, 0.2) is 6.23 Å². The number of aromatic nitrogens is 2. The largest absolute Gasteiger partial charge is 0.394 e. The van der Waals surface area contributed by atoms with Crippen LogP contribution < -0.4 is 11.0 Å². The number of aliphatic hydroxyl groups excluding tert-OH is 3. The van der Waals surface area contributed by atoms with Gasteiger partial charge in [-0.15, -0.1) is 0 Å². The summed E-state index contributed by atoms with van der Waals surface area (Å²) in [4.78, 5) is 28.4. The van der Waals surface area contributed by atoms with Crippen molar-refractivity contribution >= 4 is 11.7 Å². The van der Waals surface area contributed by atoms with E-state index in [1.807, 2.05) is 0 Å². The van der Waals surface area contributed by atoms with Crippen molar-refractivity contribution in [3.8, 4) is 0 Å². The smallest absolute Gasteiger partial charge is 0.351 e. The van der Waals surface area contributed by atoms with Gasteiger partial charge in [-0.05, 0) is 12.5 Å². The molecule has 230 valence electrons. The number of rotatable bonds is 23. The average Bonchev–Trinajstić information content (AvgIpc) is 3.23. The number of nitrogens with one attached hydrogen (secondary N) is 1. The van der Waals surface area contributed by atoms with Gasteiger partial charge < -0.3 is 25.4 Å². The number of amides is 1. The Morgan fingerprint density at radius 1 is 0.825 bits per heavy atom. The Balaban J connectivity index is 1.43. The first kappa shape index (κ1) is 34.4. The van der Waals surface area contributed by atoms with Crippen LogP contribution in [0.15, 0.2) is 17.1 Å². The van der Waals surface area contributed by atoms with E-state index in [0.717, 1.165) is 23.8 Å². The monoisotopic (exact) mass is 565 g/mol. The fourth-order valence-corrected chi connectivity index (χ4v) is 5.36. The molecule has 0 aliphatic carbocycles. The molecule has 9 nitrogen and oxygen atoms in total. The van der Waals surface area contributed by atoms with E-state index in [2.05, 4.69) is 17.2 Å². The lowest BCUT2D eigenvalue weighted by molar-refractivity contribution is -0.116. The standard InChI is InChI=1S/C31H55N3O6/c1-2-3-4-5-6-7-8-9-10-11-12-13-14-15-16-17-18-19-20-21-27(36)32-26-22-23-34(31(39)33-26)30-29(38)28(37)25(24-35)40-30/h22-23,25,28-30,35,37-38H,2-21,24H2,1H3,(H,32,33,36,39)/t25-,28+,29-,30-/m0/s1. The topological polar surface area (TPSA) is 134 Å². The molecule has 2 heterocycles. The van der Waals surface area contributed by atoms with Crippen molar-refractivity contribution < 1.29 is 24.9 Å². The average molecular weight is 566 g/mol. The minimum atomic E-state index is -1.37. The highest BCUT2D eigenvalue weighted by Gasteiger charge is 2.43. The number of hydrogen-bond donors (Lipinski definition) is 4. The maximum Gasteiger partial charge on any atom is 0.351 e. The third kappa shape index (κ3) is 13.2. The van der Waals surface area contributed by atoms with E-state index in [0.29, 0.717) is 6.42 Å². The van der Waals surface area contributed by atoms with Crippen LogP contribution in [0.25, 0.3) is 0 Å². The Bertz CT molecular complexity index is 864. The second-order valence-electron chi connectivity index (χ2n) is 11.4. The molecule has 1 aromatic heterocycles. The van der Waals surface area contributed by atoms with Crippen molar-refractivity contribution in [1.82, 2.24) is 9.55 Å². The Hall–Kier alpha value is -1.81. The molecule has 9 heteroatoms. The van der Waals surface area contributed by atoms with Gasteiger partial charge in [0.25, 0.3) is 0 Å². The van der Waals surface area contributed by atoms with Gasteiger partial charge in [0.1, 0.15) is 24.1 Å². The Kier molecular flexibility index (Phi) is 18.0. The van der Waals surface area contributed by atoms with Gasteiger partial charge in [-0.1, -0.05) is 122 Å². The zero-order valence-corrected chi connectivity index (χ0v) is 24.8. The van der Waals surface area contributed by atoms with Gasteiger partial charge in [-0.25, -0.2) is 4.79 Å². The quantitative estimate of drug-likeness (QED) is 0.127. The fraction of sp³-hybridized carbons (Fsp3) is 0.839. The van der Waals surface area contributed by atoms with E-state index < -0.39 is 36.8 Å². The summed E-state index contributed by atoms with van der Waals surface area (Å²) in [7, 11) is 0. The molecule has 1 aromatic rings. The molecule has 0 radical (unpaired) electrons. The van der Waals surface area contributed by atoms with Crippen LogP contribution in [0, 0.1) is 0 Å². The molecular weight excluding hydrogens is 510 g/mol. The number of nitrogens with zero attached hydrogens (tertiary/aromatic N) is 2. The minimum Gasteiger partial charge on any atom is -0.394 e. The van der Waals surface area contributed by atoms with Crippen molar-refractivity contribution in [3.05, 3.63) is 22.7 Å². The third-order valence-corrected chi connectivity index (χ3v) is 7.90. The number of hydrogen-bond acceptors (Lipinski definition) is 7. The number of carbonyl (C=O) groups excluding carboxylic acids is 1. The number of aliphatic hydroxyl groups is 3. The summed E-state index contributed by atoms with van der Waals surface area (Å²) in [5, 5.41) is 31.8. The summed E-state index contributed by atoms with van der Waals surface area (Å²) in [5.41, 5.74) is -0.726. The lowest BCUT2D eigenvalue weighted by atomic mass is 10.0. The highest BCUT2D eigenvalue weighted by Crippen LogP contribution is 2.28. The molecule has 1 amide bonds. The molecule has 4 atom stereocenters. The summed E-state index contributed by atoms with van der Waals surface area (Å²) in [6.45, 7) is 1.79. The van der Waals surface area contributed by atoms with Crippen LogP contribution in [0.5, 0.6) is 0 Å². The van der Waals surface area contributed by atoms with E-state index in [9.17, 15) is 24.9 Å². The van der Waals surface area contributed by atoms with Gasteiger partial charge in [0.2, 0.25) is 5.91 Å². The van der Waals surface area contributed by atoms with Crippen LogP contribution in [0.4, 0.5) is 5.82 Å². The zero-order valence-electron chi connectivity index (χ0n) is 24.8. The van der Waals surface area contributed by atoms with Crippen LogP contribution in [0.2, 0.25) is 0 Å². The van der Waals surface area contributed by atoms with Crippen LogP contribution in [0.1, 0.15) is 142 Å². The SMILES string of the molecule is CCCCCCCCCCCCCCCCCCCCCC(=O)Nc1ccn([C@H]2O[C@@H](CO)[C@@H](O)[C@@H]2O)c(=O)n1. The molecule has 1 fully saturated rings. The van der Waals surface area contributed by atoms with E-state index >= 15 is 0 Å². The van der Waals surface area contributed by atoms with E-state index in [4.69, 9.17) is 4.74 Å². The van der Waals surface area contributed by atoms with Gasteiger partial charge in [0.05, 0.1) is 6.61 Å². The highest BCUT2D eigenvalue weighted by atomic mass is 16.6. The van der Waals surface area contributed by atoms with E-state index in [1.54, 1.807) is 0 Å². The van der Waals surface area contributed by atoms with Crippen molar-refractivity contribution in [3.63, 3.8) is 0 Å². The summed E-state index contributed by atoms with van der Waals surface area (Å²) >= 11 is 0. The van der Waals surface area contributed by atoms with Gasteiger partial charge in [-0.3, -0.25) is 9.36 Å². The predicted molar refractivity (Wildman–Crippen MR) is 158 cm³/mol. The zero-order chi connectivity index (χ0) is 29.0. The van der Waals surface area contributed by atoms with Crippen LogP contribution in [0.3, 0.4) is 0 Å². The molecular formula is C31H55N3O6. The molecule has 2 rings (SSSR count). The Labute approximate surface area is 240 Å². The minimum absolute atomic E-state index is 0.135. The molecule has 1 aliphatic rings. The molecule has 0 spiro atoms. The predicted octanol–water partition coefficient (Wildman–Crippen LogP) is 5.62. The molecule has 4 N–H and O–H groups in total. The van der Waals surface area contributed by atoms with E-state index in [1.165, 1.54) is 115 Å². The summed E-state index contributed by atoms with van der Waals surface area (Å²) in [6, 6.07) is 1.45. The molecule has 1 saturated heterocycles. The second-order valence-corrected chi connectivity index (χ2v) is 11.4. The van der Waals surface area contributed by atoms with Gasteiger partial charge >= 0.3 is 5.69 Å². The number of anilines is 1. The summed E-state index contributed by atoms with van der Waals surface area (Å²) in [5.74, 6) is -0.0552. The van der Waals surface area contributed by atoms with Crippen molar-refractivity contribution in [2.75, 3.05) is 11.9 Å². The first-order valence-corrected chi connectivity index (χ1v) is 16.0. The van der Waals surface area contributed by atoms with Crippen molar-refractivity contribution in [2.24, 2.45) is 0 Å². The molecule has 40 heavy (non-hydrogen) atoms. The molecule has 0 unspecified atom stereocenters. The summed E-state index contributed by atoms with van der Waals surface area (Å²) < 4.78 is 6.40. The number of ether oxygens (including phenoxy) is 1. The number of unbranched alkanes of at least 4 members (excludes halogenated alkanes) is 18. The van der Waals surface area contributed by atoms with E-state index in [-0.39, 0.29) is 11.7 Å². The van der Waals surface area contributed by atoms with Crippen LogP contribution in [-0.4, -0.2) is 55.7 Å². The molecule has 1 aliphatic heterocycles. The maximum absolute atomic E-state index is 12.4. The number of carbonyl (C=O) groups is 1. The molecule has 0 bridgehead atoms. The van der Waals surface area contributed by atoms with Gasteiger partial charge in [0, 0.05) is 12.6 Å². The lowest BCUT2D eigenvalue weighted by Gasteiger charge is -2.17. The maximum atomic E-state index is 12.4. The van der Waals surface area contributed by atoms with Crippen LogP contribution in [-0.2, 0) is 9.53 Å². The molecule has 0 aromatic carbocycles. The second kappa shape index (κ2) is 21.0. The third-order valence-electron chi connectivity index (χ3n) is 7.90. The Morgan fingerprint density at radius 2 is 1.30 bits per heavy atom. The van der Waals surface area contributed by atoms with Crippen molar-refractivity contribution in [2.45, 2.75) is 160 Å². The Morgan fingerprint density at radius 3 is 1.73 bits per heavy atom. The van der Waals surface area contributed by atoms with Crippen LogP contribution >= 0.6 is 0 Å². The summed E-state index contributed by atoms with van der Waals surface area (Å²) in [6.07, 6.45) is 21.7. The normalized spacial score (nSPS) is 20.7. The lowest BCUT2D eigenvalue weighted by Crippen LogP contribution is -2.36. The van der Waals surface area contributed by atoms with Gasteiger partial charge in [-0.2, -0.15) is 4.98 Å².